The highest BCUT2D eigenvalue weighted by Crippen LogP contribution is 2.30. The van der Waals surface area contributed by atoms with Crippen LogP contribution in [0.25, 0.3) is 0 Å². The third-order valence-corrected chi connectivity index (χ3v) is 4.25. The molecule has 3 rings (SSSR count). The number of benzene rings is 2. The predicted octanol–water partition coefficient (Wildman–Crippen LogP) is 5.27. The number of hydrogen-bond acceptors (Lipinski definition) is 5. The van der Waals surface area contributed by atoms with Gasteiger partial charge in [0.05, 0.1) is 5.69 Å². The van der Waals surface area contributed by atoms with E-state index in [2.05, 4.69) is 29.1 Å². The summed E-state index contributed by atoms with van der Waals surface area (Å²) in [5.74, 6) is 1.67. The fourth-order valence-corrected chi connectivity index (χ4v) is 2.95. The van der Waals surface area contributed by atoms with Crippen LogP contribution >= 0.6 is 0 Å². The number of ether oxygens (including phenoxy) is 1. The molecule has 29 heavy (non-hydrogen) atoms. The van der Waals surface area contributed by atoms with Crippen molar-refractivity contribution >= 4 is 17.5 Å². The summed E-state index contributed by atoms with van der Waals surface area (Å²) >= 11 is 0. The lowest BCUT2D eigenvalue weighted by molar-refractivity contribution is 0.0749. The van der Waals surface area contributed by atoms with Crippen molar-refractivity contribution in [2.45, 2.75) is 26.7 Å². The van der Waals surface area contributed by atoms with Crippen molar-refractivity contribution in [3.05, 3.63) is 72.6 Å². The van der Waals surface area contributed by atoms with E-state index >= 15 is 0 Å². The van der Waals surface area contributed by atoms with Crippen LogP contribution in [-0.4, -0.2) is 33.9 Å². The minimum Gasteiger partial charge on any atom is -0.455 e. The molecule has 0 spiro atoms. The van der Waals surface area contributed by atoms with Gasteiger partial charge in [-0.15, -0.1) is 0 Å². The van der Waals surface area contributed by atoms with Gasteiger partial charge in [0.1, 0.15) is 11.4 Å². The van der Waals surface area contributed by atoms with E-state index < -0.39 is 0 Å². The smallest absolute Gasteiger partial charge is 0.272 e. The largest absolute Gasteiger partial charge is 0.455 e. The van der Waals surface area contributed by atoms with Crippen LogP contribution in [0.1, 0.15) is 37.2 Å². The van der Waals surface area contributed by atoms with Gasteiger partial charge in [-0.3, -0.25) is 4.79 Å². The zero-order chi connectivity index (χ0) is 20.5. The lowest BCUT2D eigenvalue weighted by Crippen LogP contribution is -2.33. The van der Waals surface area contributed by atoms with Gasteiger partial charge in [-0.2, -0.15) is 0 Å². The van der Waals surface area contributed by atoms with Crippen molar-refractivity contribution in [3.8, 4) is 11.5 Å². The fourth-order valence-electron chi connectivity index (χ4n) is 2.95. The van der Waals surface area contributed by atoms with Crippen LogP contribution in [-0.2, 0) is 0 Å². The van der Waals surface area contributed by atoms with Crippen LogP contribution in [0.4, 0.5) is 11.6 Å². The lowest BCUT2D eigenvalue weighted by Gasteiger charge is -2.21. The summed E-state index contributed by atoms with van der Waals surface area (Å²) in [4.78, 5) is 23.4. The second-order valence-electron chi connectivity index (χ2n) is 6.59. The average Bonchev–Trinajstić information content (AvgIpc) is 2.75. The lowest BCUT2D eigenvalue weighted by atomic mass is 10.3. The van der Waals surface area contributed by atoms with Crippen LogP contribution in [0.5, 0.6) is 11.5 Å². The Kier molecular flexibility index (Phi) is 7.16. The first-order chi connectivity index (χ1) is 14.2. The molecule has 0 aliphatic rings. The third-order valence-electron chi connectivity index (χ3n) is 4.25. The number of nitrogens with one attached hydrogen (secondary N) is 1. The molecule has 0 aliphatic heterocycles. The summed E-state index contributed by atoms with van der Waals surface area (Å²) in [6.45, 7) is 5.56. The first-order valence-corrected chi connectivity index (χ1v) is 9.92. The molecule has 1 amide bonds. The number of aromatic nitrogens is 2. The van der Waals surface area contributed by atoms with Gasteiger partial charge in [0, 0.05) is 19.3 Å². The Morgan fingerprint density at radius 1 is 0.966 bits per heavy atom. The van der Waals surface area contributed by atoms with Crippen LogP contribution in [0.2, 0.25) is 0 Å². The second-order valence-corrected chi connectivity index (χ2v) is 6.59. The summed E-state index contributed by atoms with van der Waals surface area (Å²) < 4.78 is 5.97. The molecule has 1 aromatic heterocycles. The zero-order valence-corrected chi connectivity index (χ0v) is 16.8. The number of nitrogens with zero attached hydrogens (tertiary/aromatic N) is 3. The molecule has 1 heterocycles. The van der Waals surface area contributed by atoms with Crippen LogP contribution in [0.3, 0.4) is 0 Å². The van der Waals surface area contributed by atoms with Crippen LogP contribution in [0.15, 0.2) is 66.9 Å². The monoisotopic (exact) mass is 390 g/mol. The van der Waals surface area contributed by atoms with Crippen molar-refractivity contribution in [3.63, 3.8) is 0 Å². The molecule has 2 aromatic carbocycles. The van der Waals surface area contributed by atoms with Gasteiger partial charge in [0.25, 0.3) is 5.91 Å². The number of anilines is 2. The summed E-state index contributed by atoms with van der Waals surface area (Å²) in [7, 11) is 0. The topological polar surface area (TPSA) is 67.4 Å². The molecular formula is C23H26N4O2. The Hall–Kier alpha value is -3.41. The van der Waals surface area contributed by atoms with Crippen molar-refractivity contribution in [1.29, 1.82) is 0 Å². The van der Waals surface area contributed by atoms with E-state index in [9.17, 15) is 4.79 Å². The first kappa shape index (κ1) is 20.3. The van der Waals surface area contributed by atoms with Crippen LogP contribution < -0.4 is 10.1 Å². The van der Waals surface area contributed by atoms with E-state index in [0.717, 1.165) is 24.3 Å². The Morgan fingerprint density at radius 2 is 1.66 bits per heavy atom. The fraction of sp³-hybridized carbons (Fsp3) is 0.261. The molecule has 0 bridgehead atoms. The maximum absolute atomic E-state index is 12.8. The maximum Gasteiger partial charge on any atom is 0.272 e. The number of carbonyl (C=O) groups excluding carboxylic acids is 1. The van der Waals surface area contributed by atoms with Gasteiger partial charge in [-0.05, 0) is 43.2 Å². The van der Waals surface area contributed by atoms with Crippen molar-refractivity contribution in [1.82, 2.24) is 14.9 Å². The molecule has 150 valence electrons. The Bertz CT molecular complexity index is 925. The molecule has 0 unspecified atom stereocenters. The Labute approximate surface area is 171 Å². The molecule has 0 fully saturated rings. The van der Waals surface area contributed by atoms with E-state index in [4.69, 9.17) is 4.74 Å². The van der Waals surface area contributed by atoms with Crippen molar-refractivity contribution in [2.75, 3.05) is 18.4 Å². The minimum atomic E-state index is -0.0760. The van der Waals surface area contributed by atoms with E-state index in [-0.39, 0.29) is 5.91 Å². The molecule has 0 aliphatic carbocycles. The van der Waals surface area contributed by atoms with Gasteiger partial charge in [0.2, 0.25) is 5.95 Å². The van der Waals surface area contributed by atoms with Gasteiger partial charge < -0.3 is 15.0 Å². The molecular weight excluding hydrogens is 364 g/mol. The molecule has 0 radical (unpaired) electrons. The Balaban J connectivity index is 1.79. The average molecular weight is 390 g/mol. The summed E-state index contributed by atoms with van der Waals surface area (Å²) in [6.07, 6.45) is 3.41. The summed E-state index contributed by atoms with van der Waals surface area (Å²) in [5.41, 5.74) is 1.10. The second kappa shape index (κ2) is 10.2. The molecule has 6 heteroatoms. The molecule has 0 atom stereocenters. The number of amides is 1. The van der Waals surface area contributed by atoms with Gasteiger partial charge in [-0.1, -0.05) is 44.2 Å². The SMILES string of the molecule is CCCN(CCC)C(=O)c1ccnc(Nc2ccccc2Oc2ccccc2)n1. The minimum absolute atomic E-state index is 0.0760. The first-order valence-electron chi connectivity index (χ1n) is 9.92. The quantitative estimate of drug-likeness (QED) is 0.539. The summed E-state index contributed by atoms with van der Waals surface area (Å²) in [5, 5.41) is 3.17. The maximum atomic E-state index is 12.8. The number of hydrogen-bond donors (Lipinski definition) is 1. The molecule has 0 saturated carbocycles. The van der Waals surface area contributed by atoms with E-state index in [0.29, 0.717) is 30.5 Å². The van der Waals surface area contributed by atoms with Crippen molar-refractivity contribution < 1.29 is 9.53 Å². The highest BCUT2D eigenvalue weighted by molar-refractivity contribution is 5.92. The summed E-state index contributed by atoms with van der Waals surface area (Å²) in [6, 6.07) is 18.8. The highest BCUT2D eigenvalue weighted by Gasteiger charge is 2.17. The normalized spacial score (nSPS) is 10.4. The van der Waals surface area contributed by atoms with E-state index in [1.807, 2.05) is 59.5 Å². The van der Waals surface area contributed by atoms with Crippen molar-refractivity contribution in [2.24, 2.45) is 0 Å². The van der Waals surface area contributed by atoms with Gasteiger partial charge in [-0.25, -0.2) is 9.97 Å². The molecule has 1 N–H and O–H groups in total. The third kappa shape index (κ3) is 5.54. The van der Waals surface area contributed by atoms with E-state index in [1.165, 1.54) is 0 Å². The molecule has 0 saturated heterocycles. The Morgan fingerprint density at radius 3 is 2.38 bits per heavy atom. The molecule has 6 nitrogen and oxygen atoms in total. The predicted molar refractivity (Wildman–Crippen MR) is 115 cm³/mol. The molecule has 3 aromatic rings. The number of carbonyl (C=O) groups is 1. The zero-order valence-electron chi connectivity index (χ0n) is 16.8. The van der Waals surface area contributed by atoms with Crippen LogP contribution in [0, 0.1) is 0 Å². The van der Waals surface area contributed by atoms with E-state index in [1.54, 1.807) is 12.3 Å². The number of rotatable bonds is 9. The van der Waals surface area contributed by atoms with Gasteiger partial charge >= 0.3 is 0 Å². The standard InChI is InChI=1S/C23H26N4O2/c1-3-16-27(17-4-2)22(28)20-14-15-24-23(26-20)25-19-12-8-9-13-21(19)29-18-10-6-5-7-11-18/h5-15H,3-4,16-17H2,1-2H3,(H,24,25,26). The van der Waals surface area contributed by atoms with Gasteiger partial charge in [0.15, 0.2) is 5.75 Å². The highest BCUT2D eigenvalue weighted by atomic mass is 16.5. The number of para-hydroxylation sites is 3.